The molecule has 0 radical (unpaired) electrons. The molecule has 9 nitrogen and oxygen atoms in total. The molecular formula is C33H39Cl2N3O6S. The summed E-state index contributed by atoms with van der Waals surface area (Å²) < 4.78 is 38.1. The normalized spacial score (nSPS) is 13.9. The summed E-state index contributed by atoms with van der Waals surface area (Å²) in [6, 6.07) is 18.5. The lowest BCUT2D eigenvalue weighted by molar-refractivity contribution is -0.141. The van der Waals surface area contributed by atoms with Gasteiger partial charge in [-0.05, 0) is 55.2 Å². The SMILES string of the molecule is CC[C@H](C)NC(=O)[C@H](Cc1ccccc1)N(Cc1ccc(Cl)cc1Cl)C(=O)CCCN(c1ccc2c(c1)OCCO2)S(C)(=O)=O. The van der Waals surface area contributed by atoms with Crippen LogP contribution in [0.25, 0.3) is 0 Å². The maximum Gasteiger partial charge on any atom is 0.243 e. The number of sulfonamides is 1. The number of nitrogens with one attached hydrogen (secondary N) is 1. The van der Waals surface area contributed by atoms with E-state index in [2.05, 4.69) is 5.32 Å². The fourth-order valence-corrected chi connectivity index (χ4v) is 6.45. The third kappa shape index (κ3) is 9.51. The summed E-state index contributed by atoms with van der Waals surface area (Å²) in [6.07, 6.45) is 2.32. The van der Waals surface area contributed by atoms with E-state index in [0.29, 0.717) is 46.0 Å². The van der Waals surface area contributed by atoms with Crippen LogP contribution in [-0.4, -0.2) is 63.2 Å². The minimum Gasteiger partial charge on any atom is -0.486 e. The fourth-order valence-electron chi connectivity index (χ4n) is 5.02. The van der Waals surface area contributed by atoms with E-state index in [0.717, 1.165) is 18.2 Å². The van der Waals surface area contributed by atoms with Gasteiger partial charge in [0.25, 0.3) is 0 Å². The van der Waals surface area contributed by atoms with Crippen molar-refractivity contribution in [3.8, 4) is 11.5 Å². The van der Waals surface area contributed by atoms with Crippen LogP contribution in [0, 0.1) is 0 Å². The Kier molecular flexibility index (Phi) is 12.0. The number of halogens is 2. The van der Waals surface area contributed by atoms with Crippen LogP contribution in [0.5, 0.6) is 11.5 Å². The average Bonchev–Trinajstić information content (AvgIpc) is 3.01. The van der Waals surface area contributed by atoms with Gasteiger partial charge in [-0.1, -0.05) is 66.5 Å². The van der Waals surface area contributed by atoms with Crippen LogP contribution >= 0.6 is 23.2 Å². The molecule has 45 heavy (non-hydrogen) atoms. The Hall–Kier alpha value is -3.47. The van der Waals surface area contributed by atoms with E-state index in [1.807, 2.05) is 44.2 Å². The topological polar surface area (TPSA) is 105 Å². The van der Waals surface area contributed by atoms with Gasteiger partial charge in [0.1, 0.15) is 19.3 Å². The van der Waals surface area contributed by atoms with Gasteiger partial charge in [0, 0.05) is 48.1 Å². The van der Waals surface area contributed by atoms with Crippen molar-refractivity contribution in [3.63, 3.8) is 0 Å². The number of anilines is 1. The highest BCUT2D eigenvalue weighted by molar-refractivity contribution is 7.92. The zero-order valence-corrected chi connectivity index (χ0v) is 28.0. The molecule has 0 fully saturated rings. The van der Waals surface area contributed by atoms with Crippen molar-refractivity contribution in [3.05, 3.63) is 87.9 Å². The summed E-state index contributed by atoms with van der Waals surface area (Å²) >= 11 is 12.7. The van der Waals surface area contributed by atoms with Crippen LogP contribution in [-0.2, 0) is 32.6 Å². The largest absolute Gasteiger partial charge is 0.486 e. The lowest BCUT2D eigenvalue weighted by atomic mass is 10.0. The summed E-state index contributed by atoms with van der Waals surface area (Å²) in [5.74, 6) is 0.424. The maximum atomic E-state index is 14.0. The zero-order valence-electron chi connectivity index (χ0n) is 25.7. The van der Waals surface area contributed by atoms with Crippen molar-refractivity contribution in [2.75, 3.05) is 30.3 Å². The standard InChI is InChI=1S/C33H39Cl2N3O6S/c1-4-23(2)36-33(40)29(19-24-9-6-5-7-10-24)37(22-25-12-13-26(34)20-28(25)35)32(39)11-8-16-38(45(3,41)42)27-14-15-30-31(21-27)44-18-17-43-30/h5-7,9-10,12-15,20-21,23,29H,4,8,11,16-19,22H2,1-3H3,(H,36,40)/t23-,29-/m0/s1. The Labute approximate surface area is 275 Å². The molecule has 4 rings (SSSR count). The van der Waals surface area contributed by atoms with Crippen molar-refractivity contribution in [1.29, 1.82) is 0 Å². The molecule has 242 valence electrons. The van der Waals surface area contributed by atoms with Crippen molar-refractivity contribution < 1.29 is 27.5 Å². The van der Waals surface area contributed by atoms with Gasteiger partial charge < -0.3 is 19.7 Å². The summed E-state index contributed by atoms with van der Waals surface area (Å²) in [5, 5.41) is 3.87. The molecule has 0 spiro atoms. The van der Waals surface area contributed by atoms with Crippen molar-refractivity contribution in [2.45, 2.75) is 58.2 Å². The Morgan fingerprint density at radius 2 is 1.69 bits per heavy atom. The average molecular weight is 677 g/mol. The Balaban J connectivity index is 1.60. The molecule has 0 aromatic heterocycles. The molecule has 3 aromatic carbocycles. The van der Waals surface area contributed by atoms with E-state index >= 15 is 0 Å². The first-order valence-electron chi connectivity index (χ1n) is 14.9. The highest BCUT2D eigenvalue weighted by Crippen LogP contribution is 2.35. The van der Waals surface area contributed by atoms with E-state index in [1.54, 1.807) is 36.4 Å². The first-order chi connectivity index (χ1) is 21.5. The molecule has 1 aliphatic rings. The number of ether oxygens (including phenoxy) is 2. The molecule has 2 amide bonds. The van der Waals surface area contributed by atoms with Gasteiger partial charge in [-0.3, -0.25) is 13.9 Å². The number of amides is 2. The second kappa shape index (κ2) is 15.7. The predicted octanol–water partition coefficient (Wildman–Crippen LogP) is 5.87. The van der Waals surface area contributed by atoms with Crippen molar-refractivity contribution in [2.24, 2.45) is 0 Å². The second-order valence-corrected chi connectivity index (χ2v) is 13.8. The summed E-state index contributed by atoms with van der Waals surface area (Å²) in [6.45, 7) is 4.79. The highest BCUT2D eigenvalue weighted by Gasteiger charge is 2.31. The smallest absolute Gasteiger partial charge is 0.243 e. The number of benzene rings is 3. The molecule has 1 N–H and O–H groups in total. The molecule has 3 aromatic rings. The predicted molar refractivity (Wildman–Crippen MR) is 178 cm³/mol. The van der Waals surface area contributed by atoms with E-state index in [1.165, 1.54) is 9.21 Å². The summed E-state index contributed by atoms with van der Waals surface area (Å²) in [4.78, 5) is 29.3. The van der Waals surface area contributed by atoms with Gasteiger partial charge in [-0.25, -0.2) is 8.42 Å². The van der Waals surface area contributed by atoms with Crippen LogP contribution in [0.2, 0.25) is 10.0 Å². The van der Waals surface area contributed by atoms with Crippen LogP contribution < -0.4 is 19.1 Å². The van der Waals surface area contributed by atoms with Crippen molar-refractivity contribution in [1.82, 2.24) is 10.2 Å². The summed E-state index contributed by atoms with van der Waals surface area (Å²) in [5.41, 5.74) is 1.94. The quantitative estimate of drug-likeness (QED) is 0.229. The molecule has 12 heteroatoms. The van der Waals surface area contributed by atoms with Gasteiger partial charge in [-0.15, -0.1) is 0 Å². The lowest BCUT2D eigenvalue weighted by Gasteiger charge is -2.33. The minimum atomic E-state index is -3.69. The van der Waals surface area contributed by atoms with Gasteiger partial charge in [0.2, 0.25) is 21.8 Å². The minimum absolute atomic E-state index is 0.0102. The Morgan fingerprint density at radius 1 is 0.978 bits per heavy atom. The van der Waals surface area contributed by atoms with Gasteiger partial charge in [-0.2, -0.15) is 0 Å². The molecule has 2 atom stereocenters. The molecule has 0 unspecified atom stereocenters. The van der Waals surface area contributed by atoms with Crippen LogP contribution in [0.3, 0.4) is 0 Å². The first-order valence-corrected chi connectivity index (χ1v) is 17.5. The molecular weight excluding hydrogens is 637 g/mol. The first kappa shape index (κ1) is 34.4. The molecule has 0 bridgehead atoms. The molecule has 0 saturated carbocycles. The molecule has 1 aliphatic heterocycles. The van der Waals surface area contributed by atoms with Gasteiger partial charge in [0.05, 0.1) is 11.9 Å². The van der Waals surface area contributed by atoms with Crippen LogP contribution in [0.1, 0.15) is 44.2 Å². The number of carbonyl (C=O) groups is 2. The van der Waals surface area contributed by atoms with Crippen molar-refractivity contribution >= 4 is 50.7 Å². The lowest BCUT2D eigenvalue weighted by Crippen LogP contribution is -2.52. The Bertz CT molecular complexity index is 1590. The number of hydrogen-bond donors (Lipinski definition) is 1. The van der Waals surface area contributed by atoms with E-state index in [-0.39, 0.29) is 50.2 Å². The molecule has 0 aliphatic carbocycles. The number of carbonyl (C=O) groups excluding carboxylic acids is 2. The van der Waals surface area contributed by atoms with Gasteiger partial charge in [0.15, 0.2) is 11.5 Å². The molecule has 1 heterocycles. The third-order valence-electron chi connectivity index (χ3n) is 7.59. The van der Waals surface area contributed by atoms with E-state index in [4.69, 9.17) is 32.7 Å². The number of nitrogens with zero attached hydrogens (tertiary/aromatic N) is 2. The molecule has 0 saturated heterocycles. The highest BCUT2D eigenvalue weighted by atomic mass is 35.5. The monoisotopic (exact) mass is 675 g/mol. The Morgan fingerprint density at radius 3 is 2.36 bits per heavy atom. The fraction of sp³-hybridized carbons (Fsp3) is 0.394. The maximum absolute atomic E-state index is 14.0. The van der Waals surface area contributed by atoms with Crippen LogP contribution in [0.15, 0.2) is 66.7 Å². The summed E-state index contributed by atoms with van der Waals surface area (Å²) in [7, 11) is -3.69. The third-order valence-corrected chi connectivity index (χ3v) is 9.37. The van der Waals surface area contributed by atoms with Gasteiger partial charge >= 0.3 is 0 Å². The zero-order chi connectivity index (χ0) is 32.6. The van der Waals surface area contributed by atoms with Crippen LogP contribution in [0.4, 0.5) is 5.69 Å². The second-order valence-electron chi connectivity index (χ2n) is 11.0. The number of hydrogen-bond acceptors (Lipinski definition) is 6. The number of rotatable bonds is 14. The number of fused-ring (bicyclic) bond motifs is 1. The van der Waals surface area contributed by atoms with E-state index in [9.17, 15) is 18.0 Å². The van der Waals surface area contributed by atoms with E-state index < -0.39 is 16.1 Å².